The number of carbonyl (C=O) groups excluding carboxylic acids is 2. The predicted octanol–water partition coefficient (Wildman–Crippen LogP) is 3.45. The molecular weight excluding hydrogens is 478 g/mol. The molecular formula is C24H32ClN3O5S. The maximum atomic E-state index is 13.2. The molecule has 1 N–H and O–H groups in total. The highest BCUT2D eigenvalue weighted by atomic mass is 35.5. The summed E-state index contributed by atoms with van der Waals surface area (Å²) in [5, 5.41) is 3.29. The van der Waals surface area contributed by atoms with Crippen molar-refractivity contribution in [2.75, 3.05) is 30.8 Å². The van der Waals surface area contributed by atoms with Crippen LogP contribution in [0.1, 0.15) is 32.3 Å². The van der Waals surface area contributed by atoms with Crippen LogP contribution in [-0.4, -0.2) is 57.6 Å². The van der Waals surface area contributed by atoms with Gasteiger partial charge in [0.2, 0.25) is 21.8 Å². The molecule has 0 bridgehead atoms. The van der Waals surface area contributed by atoms with Crippen molar-refractivity contribution in [1.82, 2.24) is 10.2 Å². The van der Waals surface area contributed by atoms with Crippen LogP contribution >= 0.6 is 11.6 Å². The Morgan fingerprint density at radius 3 is 2.47 bits per heavy atom. The number of benzene rings is 2. The number of hydrogen-bond donors (Lipinski definition) is 1. The zero-order chi connectivity index (χ0) is 25.3. The van der Waals surface area contributed by atoms with E-state index in [1.165, 1.54) is 16.3 Å². The molecule has 34 heavy (non-hydrogen) atoms. The standard InChI is InChI=1S/C24H32ClN3O5S/c1-5-26-24(30)18(2)27(17-19-9-6-10-20(25)15-19)23(29)13-8-14-28(34(4,31)32)21-11-7-12-22(16-21)33-3/h6-7,9-12,15-16,18H,5,8,13-14,17H2,1-4H3,(H,26,30). The maximum absolute atomic E-state index is 13.2. The number of nitrogens with one attached hydrogen (secondary N) is 1. The predicted molar refractivity (Wildman–Crippen MR) is 135 cm³/mol. The van der Waals surface area contributed by atoms with E-state index in [2.05, 4.69) is 5.32 Å². The molecule has 0 aliphatic carbocycles. The van der Waals surface area contributed by atoms with Crippen LogP contribution in [0.15, 0.2) is 48.5 Å². The zero-order valence-corrected chi connectivity index (χ0v) is 21.5. The summed E-state index contributed by atoms with van der Waals surface area (Å²) in [6.45, 7) is 4.26. The largest absolute Gasteiger partial charge is 0.497 e. The number of rotatable bonds is 12. The van der Waals surface area contributed by atoms with Gasteiger partial charge >= 0.3 is 0 Å². The number of sulfonamides is 1. The van der Waals surface area contributed by atoms with Crippen LogP contribution in [0.25, 0.3) is 0 Å². The number of hydrogen-bond acceptors (Lipinski definition) is 5. The van der Waals surface area contributed by atoms with Gasteiger partial charge in [0.1, 0.15) is 11.8 Å². The maximum Gasteiger partial charge on any atom is 0.242 e. The van der Waals surface area contributed by atoms with Crippen LogP contribution in [-0.2, 0) is 26.2 Å². The number of methoxy groups -OCH3 is 1. The number of nitrogens with zero attached hydrogens (tertiary/aromatic N) is 2. The lowest BCUT2D eigenvalue weighted by Crippen LogP contribution is -2.47. The molecule has 0 aliphatic rings. The quantitative estimate of drug-likeness (QED) is 0.472. The van der Waals surface area contributed by atoms with E-state index in [-0.39, 0.29) is 37.7 Å². The Bertz CT molecular complexity index is 1090. The van der Waals surface area contributed by atoms with Crippen molar-refractivity contribution in [2.45, 2.75) is 39.3 Å². The summed E-state index contributed by atoms with van der Waals surface area (Å²) in [4.78, 5) is 27.1. The molecule has 0 saturated carbocycles. The van der Waals surface area contributed by atoms with Crippen molar-refractivity contribution in [2.24, 2.45) is 0 Å². The molecule has 186 valence electrons. The van der Waals surface area contributed by atoms with Crippen molar-refractivity contribution < 1.29 is 22.7 Å². The summed E-state index contributed by atoms with van der Waals surface area (Å²) in [7, 11) is -2.07. The van der Waals surface area contributed by atoms with Crippen LogP contribution in [0.5, 0.6) is 5.75 Å². The van der Waals surface area contributed by atoms with Crippen molar-refractivity contribution in [3.8, 4) is 5.75 Å². The van der Waals surface area contributed by atoms with E-state index in [0.29, 0.717) is 23.0 Å². The molecule has 0 aromatic heterocycles. The summed E-state index contributed by atoms with van der Waals surface area (Å²) < 4.78 is 31.3. The van der Waals surface area contributed by atoms with Gasteiger partial charge in [-0.25, -0.2) is 8.42 Å². The fourth-order valence-electron chi connectivity index (χ4n) is 3.51. The highest BCUT2D eigenvalue weighted by Crippen LogP contribution is 2.24. The molecule has 0 saturated heterocycles. The second-order valence-electron chi connectivity index (χ2n) is 7.86. The molecule has 10 heteroatoms. The second kappa shape index (κ2) is 12.6. The number of ether oxygens (including phenoxy) is 1. The summed E-state index contributed by atoms with van der Waals surface area (Å²) in [6.07, 6.45) is 1.47. The van der Waals surface area contributed by atoms with Crippen LogP contribution in [0, 0.1) is 0 Å². The molecule has 0 aliphatic heterocycles. The Labute approximate surface area is 206 Å². The van der Waals surface area contributed by atoms with Crippen LogP contribution in [0.2, 0.25) is 5.02 Å². The summed E-state index contributed by atoms with van der Waals surface area (Å²) in [5.41, 5.74) is 1.26. The van der Waals surface area contributed by atoms with Crippen LogP contribution < -0.4 is 14.4 Å². The number of anilines is 1. The van der Waals surface area contributed by atoms with Crippen molar-refractivity contribution >= 4 is 39.1 Å². The van der Waals surface area contributed by atoms with Gasteiger partial charge in [0.15, 0.2) is 0 Å². The van der Waals surface area contributed by atoms with Gasteiger partial charge in [0, 0.05) is 37.1 Å². The van der Waals surface area contributed by atoms with Gasteiger partial charge in [-0.15, -0.1) is 0 Å². The fourth-order valence-corrected chi connectivity index (χ4v) is 4.68. The minimum atomic E-state index is -3.58. The van der Waals surface area contributed by atoms with Crippen molar-refractivity contribution in [1.29, 1.82) is 0 Å². The first kappa shape index (κ1) is 27.5. The topological polar surface area (TPSA) is 96.0 Å². The number of likely N-dealkylation sites (N-methyl/N-ethyl adjacent to an activating group) is 1. The molecule has 8 nitrogen and oxygen atoms in total. The SMILES string of the molecule is CCNC(=O)C(C)N(Cc1cccc(Cl)c1)C(=O)CCCN(c1cccc(OC)c1)S(C)(=O)=O. The molecule has 2 rings (SSSR count). The average Bonchev–Trinajstić information content (AvgIpc) is 2.79. The minimum Gasteiger partial charge on any atom is -0.497 e. The Hall–Kier alpha value is -2.78. The third kappa shape index (κ3) is 7.92. The highest BCUT2D eigenvalue weighted by molar-refractivity contribution is 7.92. The zero-order valence-electron chi connectivity index (χ0n) is 20.0. The lowest BCUT2D eigenvalue weighted by Gasteiger charge is -2.29. The van der Waals surface area contributed by atoms with Crippen LogP contribution in [0.4, 0.5) is 5.69 Å². The van der Waals surface area contributed by atoms with Gasteiger partial charge in [0.05, 0.1) is 19.1 Å². The van der Waals surface area contributed by atoms with E-state index in [0.717, 1.165) is 11.8 Å². The molecule has 1 unspecified atom stereocenters. The first-order valence-corrected chi connectivity index (χ1v) is 13.2. The molecule has 0 fully saturated rings. The van der Waals surface area contributed by atoms with Crippen molar-refractivity contribution in [3.63, 3.8) is 0 Å². The molecule has 1 atom stereocenters. The highest BCUT2D eigenvalue weighted by Gasteiger charge is 2.26. The lowest BCUT2D eigenvalue weighted by molar-refractivity contribution is -0.140. The van der Waals surface area contributed by atoms with Gasteiger partial charge in [0.25, 0.3) is 0 Å². The van der Waals surface area contributed by atoms with Gasteiger partial charge in [-0.2, -0.15) is 0 Å². The summed E-state index contributed by atoms with van der Waals surface area (Å²) in [6, 6.07) is 13.2. The molecule has 2 aromatic carbocycles. The van der Waals surface area contributed by atoms with Gasteiger partial charge < -0.3 is 15.0 Å². The van der Waals surface area contributed by atoms with E-state index in [4.69, 9.17) is 16.3 Å². The van der Waals surface area contributed by atoms with E-state index in [9.17, 15) is 18.0 Å². The Balaban J connectivity index is 2.16. The van der Waals surface area contributed by atoms with E-state index in [1.807, 2.05) is 13.0 Å². The Morgan fingerprint density at radius 2 is 1.85 bits per heavy atom. The van der Waals surface area contributed by atoms with E-state index >= 15 is 0 Å². The van der Waals surface area contributed by atoms with E-state index in [1.54, 1.807) is 49.4 Å². The van der Waals surface area contributed by atoms with Gasteiger partial charge in [-0.3, -0.25) is 13.9 Å². The molecule has 0 spiro atoms. The molecule has 0 heterocycles. The van der Waals surface area contributed by atoms with Gasteiger partial charge in [-0.05, 0) is 50.1 Å². The molecule has 0 radical (unpaired) electrons. The fraction of sp³-hybridized carbons (Fsp3) is 0.417. The van der Waals surface area contributed by atoms with Crippen molar-refractivity contribution in [3.05, 3.63) is 59.1 Å². The number of halogens is 1. The van der Waals surface area contributed by atoms with Gasteiger partial charge in [-0.1, -0.05) is 29.8 Å². The smallest absolute Gasteiger partial charge is 0.242 e. The van der Waals surface area contributed by atoms with E-state index < -0.39 is 16.1 Å². The second-order valence-corrected chi connectivity index (χ2v) is 10.2. The third-order valence-corrected chi connectivity index (χ3v) is 6.68. The number of amides is 2. The lowest BCUT2D eigenvalue weighted by atomic mass is 10.1. The summed E-state index contributed by atoms with van der Waals surface area (Å²) in [5.74, 6) is 0.0236. The average molecular weight is 510 g/mol. The minimum absolute atomic E-state index is 0.0697. The van der Waals surface area contributed by atoms with Crippen LogP contribution in [0.3, 0.4) is 0 Å². The first-order chi connectivity index (χ1) is 16.1. The third-order valence-electron chi connectivity index (χ3n) is 5.25. The Morgan fingerprint density at radius 1 is 1.15 bits per heavy atom. The summed E-state index contributed by atoms with van der Waals surface area (Å²) >= 11 is 6.09. The normalized spacial score (nSPS) is 12.0. The monoisotopic (exact) mass is 509 g/mol. The first-order valence-electron chi connectivity index (χ1n) is 11.0. The Kier molecular flexibility index (Phi) is 10.2. The number of carbonyl (C=O) groups is 2. The molecule has 2 amide bonds. The molecule has 2 aromatic rings.